The molecule has 0 spiro atoms. The second-order valence-corrected chi connectivity index (χ2v) is 8.28. The molecule has 4 rings (SSSR count). The lowest BCUT2D eigenvalue weighted by Gasteiger charge is -2.16. The molecule has 2 N–H and O–H groups in total. The molecule has 0 bridgehead atoms. The van der Waals surface area contributed by atoms with E-state index in [4.69, 9.17) is 23.2 Å². The zero-order valence-electron chi connectivity index (χ0n) is 18.8. The third-order valence-electron chi connectivity index (χ3n) is 4.69. The van der Waals surface area contributed by atoms with Gasteiger partial charge in [-0.3, -0.25) is 0 Å². The molecule has 0 radical (unpaired) electrons. The van der Waals surface area contributed by atoms with Gasteiger partial charge in [0.2, 0.25) is 11.9 Å². The van der Waals surface area contributed by atoms with Crippen LogP contribution in [0.3, 0.4) is 0 Å². The van der Waals surface area contributed by atoms with Crippen molar-refractivity contribution in [1.29, 1.82) is 0 Å². The lowest BCUT2D eigenvalue weighted by molar-refractivity contribution is -0.253. The fraction of sp³-hybridized carbons (Fsp3) is 0.0833. The van der Waals surface area contributed by atoms with E-state index in [-0.39, 0.29) is 28.3 Å². The molecular formula is C24H15Cl2F5N6O. The number of hydrogen-bond acceptors (Lipinski definition) is 7. The Labute approximate surface area is 222 Å². The molecule has 0 saturated carbocycles. The van der Waals surface area contributed by atoms with E-state index in [2.05, 4.69) is 35.5 Å². The Morgan fingerprint density at radius 1 is 0.895 bits per heavy atom. The molecule has 7 nitrogen and oxygen atoms in total. The maximum Gasteiger partial charge on any atom is 0.461 e. The van der Waals surface area contributed by atoms with Gasteiger partial charge in [0.15, 0.2) is 5.82 Å². The average Bonchev–Trinajstić information content (AvgIpc) is 2.86. The smallest absolute Gasteiger partial charge is 0.428 e. The number of benzene rings is 3. The Hall–Kier alpha value is -4.03. The molecule has 0 atom stereocenters. The fourth-order valence-electron chi connectivity index (χ4n) is 2.96. The predicted octanol–water partition coefficient (Wildman–Crippen LogP) is 7.41. The lowest BCUT2D eigenvalue weighted by Crippen LogP contribution is -2.33. The number of ether oxygens (including phenoxy) is 1. The van der Waals surface area contributed by atoms with Crippen LogP contribution in [0.5, 0.6) is 5.75 Å². The van der Waals surface area contributed by atoms with E-state index in [0.717, 1.165) is 12.1 Å². The van der Waals surface area contributed by atoms with E-state index in [0.29, 0.717) is 16.3 Å². The SMILES string of the molecule is Fc1cccc(Cl)c1-c1nc(NN=Cc2ccc(OC(F)(F)C(F)F)cc2)nc(Nc2ccc(Cl)cc2)n1. The van der Waals surface area contributed by atoms with Crippen molar-refractivity contribution in [3.63, 3.8) is 0 Å². The molecule has 0 aliphatic heterocycles. The van der Waals surface area contributed by atoms with E-state index in [1.54, 1.807) is 24.3 Å². The summed E-state index contributed by atoms with van der Waals surface area (Å²) in [6.45, 7) is 0. The number of rotatable bonds is 9. The highest BCUT2D eigenvalue weighted by Crippen LogP contribution is 2.30. The molecular weight excluding hydrogens is 554 g/mol. The lowest BCUT2D eigenvalue weighted by atomic mass is 10.2. The Morgan fingerprint density at radius 2 is 1.58 bits per heavy atom. The summed E-state index contributed by atoms with van der Waals surface area (Å²) in [5.41, 5.74) is 3.50. The van der Waals surface area contributed by atoms with E-state index < -0.39 is 24.1 Å². The van der Waals surface area contributed by atoms with E-state index in [1.165, 1.54) is 36.5 Å². The van der Waals surface area contributed by atoms with Crippen molar-refractivity contribution in [2.75, 3.05) is 10.7 Å². The summed E-state index contributed by atoms with van der Waals surface area (Å²) in [6, 6.07) is 15.5. The first kappa shape index (κ1) is 27.0. The second-order valence-electron chi connectivity index (χ2n) is 7.44. The fourth-order valence-corrected chi connectivity index (χ4v) is 3.33. The molecule has 196 valence electrons. The van der Waals surface area contributed by atoms with Crippen LogP contribution in [0.1, 0.15) is 5.56 Å². The number of hydrogen-bond donors (Lipinski definition) is 2. The minimum atomic E-state index is -4.62. The summed E-state index contributed by atoms with van der Waals surface area (Å²) in [5.74, 6) is -1.24. The third kappa shape index (κ3) is 6.84. The van der Waals surface area contributed by atoms with E-state index in [9.17, 15) is 22.0 Å². The minimum absolute atomic E-state index is 0.0378. The Kier molecular flexibility index (Phi) is 8.23. The molecule has 1 aromatic heterocycles. The largest absolute Gasteiger partial charge is 0.461 e. The zero-order chi connectivity index (χ0) is 27.3. The summed E-state index contributed by atoms with van der Waals surface area (Å²) < 4.78 is 69.2. The molecule has 3 aromatic carbocycles. The van der Waals surface area contributed by atoms with Crippen LogP contribution >= 0.6 is 23.2 Å². The van der Waals surface area contributed by atoms with Gasteiger partial charge in [0.25, 0.3) is 0 Å². The summed E-state index contributed by atoms with van der Waals surface area (Å²) in [6.07, 6.45) is -7.32. The average molecular weight is 569 g/mol. The first-order valence-electron chi connectivity index (χ1n) is 10.6. The summed E-state index contributed by atoms with van der Waals surface area (Å²) in [5, 5.41) is 7.52. The highest BCUT2D eigenvalue weighted by atomic mass is 35.5. The van der Waals surface area contributed by atoms with Gasteiger partial charge in [-0.2, -0.15) is 37.6 Å². The topological polar surface area (TPSA) is 84.3 Å². The summed E-state index contributed by atoms with van der Waals surface area (Å²) in [4.78, 5) is 12.6. The number of halogens is 7. The van der Waals surface area contributed by atoms with E-state index in [1.807, 2.05) is 0 Å². The van der Waals surface area contributed by atoms with Gasteiger partial charge in [-0.25, -0.2) is 9.82 Å². The van der Waals surface area contributed by atoms with Gasteiger partial charge in [-0.05, 0) is 66.2 Å². The van der Waals surface area contributed by atoms with E-state index >= 15 is 0 Å². The first-order valence-corrected chi connectivity index (χ1v) is 11.3. The second kappa shape index (κ2) is 11.6. The van der Waals surface area contributed by atoms with Crippen LogP contribution in [0, 0.1) is 5.82 Å². The number of hydrazone groups is 1. The van der Waals surface area contributed by atoms with Crippen LogP contribution in [0.15, 0.2) is 71.8 Å². The van der Waals surface area contributed by atoms with Crippen LogP contribution in [-0.4, -0.2) is 33.7 Å². The van der Waals surface area contributed by atoms with Gasteiger partial charge in [0.1, 0.15) is 11.6 Å². The van der Waals surface area contributed by atoms with Crippen LogP contribution < -0.4 is 15.5 Å². The van der Waals surface area contributed by atoms with Crippen molar-refractivity contribution in [2.45, 2.75) is 12.5 Å². The maximum atomic E-state index is 14.6. The van der Waals surface area contributed by atoms with Gasteiger partial charge in [-0.1, -0.05) is 29.3 Å². The highest BCUT2D eigenvalue weighted by Gasteiger charge is 2.43. The number of aromatic nitrogens is 3. The summed E-state index contributed by atoms with van der Waals surface area (Å²) >= 11 is 12.1. The molecule has 0 aliphatic carbocycles. The standard InChI is InChI=1S/C24H15Cl2F5N6O/c25-14-6-8-15(9-7-14)33-22-34-20(19-17(26)2-1-3-18(19)27)35-23(36-22)37-32-12-13-4-10-16(11-5-13)38-24(30,31)21(28)29/h1-12,21H,(H2,33,34,35,36,37). The van der Waals surface area contributed by atoms with Crippen LogP contribution in [0.2, 0.25) is 10.0 Å². The number of nitrogens with one attached hydrogen (secondary N) is 2. The number of nitrogens with zero attached hydrogens (tertiary/aromatic N) is 4. The Morgan fingerprint density at radius 3 is 2.24 bits per heavy atom. The molecule has 0 fully saturated rings. The molecule has 0 aliphatic rings. The molecule has 38 heavy (non-hydrogen) atoms. The molecule has 4 aromatic rings. The number of anilines is 3. The normalized spacial score (nSPS) is 11.7. The monoisotopic (exact) mass is 568 g/mol. The molecule has 1 heterocycles. The van der Waals surface area contributed by atoms with Crippen molar-refractivity contribution in [2.24, 2.45) is 5.10 Å². The van der Waals surface area contributed by atoms with Crippen molar-refractivity contribution in [1.82, 2.24) is 15.0 Å². The van der Waals surface area contributed by atoms with Crippen molar-refractivity contribution in [3.05, 3.63) is 88.2 Å². The van der Waals surface area contributed by atoms with Crippen LogP contribution in [0.25, 0.3) is 11.4 Å². The summed E-state index contributed by atoms with van der Waals surface area (Å²) in [7, 11) is 0. The Bertz CT molecular complexity index is 1420. The van der Waals surface area contributed by atoms with Gasteiger partial charge in [0.05, 0.1) is 16.8 Å². The molecule has 0 amide bonds. The van der Waals surface area contributed by atoms with Gasteiger partial charge >= 0.3 is 12.5 Å². The Balaban J connectivity index is 1.57. The van der Waals surface area contributed by atoms with Crippen LogP contribution in [-0.2, 0) is 0 Å². The zero-order valence-corrected chi connectivity index (χ0v) is 20.4. The maximum absolute atomic E-state index is 14.6. The van der Waals surface area contributed by atoms with Gasteiger partial charge in [-0.15, -0.1) is 0 Å². The highest BCUT2D eigenvalue weighted by molar-refractivity contribution is 6.33. The van der Waals surface area contributed by atoms with Crippen molar-refractivity contribution in [3.8, 4) is 17.1 Å². The third-order valence-corrected chi connectivity index (χ3v) is 5.26. The van der Waals surface area contributed by atoms with Gasteiger partial charge in [0, 0.05) is 10.7 Å². The van der Waals surface area contributed by atoms with Crippen molar-refractivity contribution >= 4 is 47.0 Å². The first-order chi connectivity index (χ1) is 18.1. The molecule has 0 unspecified atom stereocenters. The minimum Gasteiger partial charge on any atom is -0.428 e. The molecule has 0 saturated heterocycles. The number of alkyl halides is 4. The quantitative estimate of drug-likeness (QED) is 0.124. The predicted molar refractivity (Wildman–Crippen MR) is 134 cm³/mol. The van der Waals surface area contributed by atoms with Gasteiger partial charge < -0.3 is 10.1 Å². The molecule has 14 heteroatoms. The van der Waals surface area contributed by atoms with Crippen LogP contribution in [0.4, 0.5) is 39.5 Å². The van der Waals surface area contributed by atoms with Crippen molar-refractivity contribution < 1.29 is 26.7 Å².